The summed E-state index contributed by atoms with van der Waals surface area (Å²) >= 11 is 0. The van der Waals surface area contributed by atoms with E-state index in [1.165, 1.54) is 0 Å². The first-order chi connectivity index (χ1) is 11.7. The number of para-hydroxylation sites is 1. The summed E-state index contributed by atoms with van der Waals surface area (Å²) in [7, 11) is 0. The summed E-state index contributed by atoms with van der Waals surface area (Å²) in [5.74, 6) is -0.734. The van der Waals surface area contributed by atoms with Crippen LogP contribution in [0.25, 0.3) is 10.9 Å². The zero-order valence-electron chi connectivity index (χ0n) is 12.9. The Balaban J connectivity index is 1.53. The zero-order chi connectivity index (χ0) is 16.5. The molecule has 1 aliphatic rings. The molecule has 0 atom stereocenters. The number of hydrogen-bond acceptors (Lipinski definition) is 4. The number of nitrogens with one attached hydrogen (secondary N) is 1. The number of aromatic nitrogens is 1. The van der Waals surface area contributed by atoms with Crippen molar-refractivity contribution in [3.63, 3.8) is 0 Å². The number of hydrogen-bond donors (Lipinski definition) is 1. The predicted octanol–water partition coefficient (Wildman–Crippen LogP) is 3.24. The molecular weight excluding hydrogens is 306 g/mol. The van der Waals surface area contributed by atoms with Gasteiger partial charge in [0, 0.05) is 17.3 Å². The molecule has 0 bridgehead atoms. The molecule has 0 saturated heterocycles. The molecule has 0 radical (unpaired) electrons. The van der Waals surface area contributed by atoms with Crippen LogP contribution < -0.4 is 0 Å². The van der Waals surface area contributed by atoms with Crippen molar-refractivity contribution in [1.82, 2.24) is 4.98 Å². The highest BCUT2D eigenvalue weighted by Crippen LogP contribution is 2.22. The molecule has 2 aromatic carbocycles. The van der Waals surface area contributed by atoms with Crippen molar-refractivity contribution in [2.45, 2.75) is 13.0 Å². The van der Waals surface area contributed by atoms with Crippen molar-refractivity contribution in [2.75, 3.05) is 6.61 Å². The number of rotatable bonds is 3. The van der Waals surface area contributed by atoms with E-state index in [1.54, 1.807) is 18.2 Å². The molecule has 1 N–H and O–H groups in total. The standard InChI is InChI=1S/C19H15NO4/c21-18-15-6-3-5-13(14(15)8-9-23-18)11-24-19(22)17-10-12-4-1-2-7-16(12)20-17/h1-7,10,20H,8-9,11H2. The van der Waals surface area contributed by atoms with E-state index in [0.717, 1.165) is 22.0 Å². The van der Waals surface area contributed by atoms with E-state index in [4.69, 9.17) is 9.47 Å². The molecule has 0 amide bonds. The Morgan fingerprint density at radius 3 is 2.92 bits per heavy atom. The summed E-state index contributed by atoms with van der Waals surface area (Å²) in [5, 5.41) is 0.962. The monoisotopic (exact) mass is 321 g/mol. The van der Waals surface area contributed by atoms with Gasteiger partial charge < -0.3 is 14.5 Å². The largest absolute Gasteiger partial charge is 0.462 e. The van der Waals surface area contributed by atoms with Gasteiger partial charge in [-0.05, 0) is 29.3 Å². The molecule has 5 nitrogen and oxygen atoms in total. The summed E-state index contributed by atoms with van der Waals surface area (Å²) in [5.41, 5.74) is 3.61. The number of fused-ring (bicyclic) bond motifs is 2. The van der Waals surface area contributed by atoms with Gasteiger partial charge in [0.2, 0.25) is 0 Å². The van der Waals surface area contributed by atoms with Crippen molar-refractivity contribution in [1.29, 1.82) is 0 Å². The van der Waals surface area contributed by atoms with Gasteiger partial charge in [0.25, 0.3) is 0 Å². The van der Waals surface area contributed by atoms with Crippen LogP contribution in [0.4, 0.5) is 0 Å². The second-order valence-electron chi connectivity index (χ2n) is 5.68. The number of ether oxygens (including phenoxy) is 2. The third-order valence-electron chi connectivity index (χ3n) is 4.19. The maximum Gasteiger partial charge on any atom is 0.355 e. The van der Waals surface area contributed by atoms with Gasteiger partial charge >= 0.3 is 11.9 Å². The molecule has 2 heterocycles. The van der Waals surface area contributed by atoms with Gasteiger partial charge in [-0.15, -0.1) is 0 Å². The predicted molar refractivity (Wildman–Crippen MR) is 87.8 cm³/mol. The fraction of sp³-hybridized carbons (Fsp3) is 0.158. The second-order valence-corrected chi connectivity index (χ2v) is 5.68. The van der Waals surface area contributed by atoms with Gasteiger partial charge in [-0.3, -0.25) is 0 Å². The maximum atomic E-state index is 12.3. The Kier molecular flexibility index (Phi) is 3.54. The summed E-state index contributed by atoms with van der Waals surface area (Å²) in [6.45, 7) is 0.490. The first-order valence-electron chi connectivity index (χ1n) is 7.75. The van der Waals surface area contributed by atoms with Crippen molar-refractivity contribution >= 4 is 22.8 Å². The highest BCUT2D eigenvalue weighted by molar-refractivity contribution is 5.95. The molecule has 0 unspecified atom stereocenters. The Labute approximate surface area is 138 Å². The van der Waals surface area contributed by atoms with Crippen molar-refractivity contribution in [3.8, 4) is 0 Å². The molecular formula is C19H15NO4. The molecule has 1 aliphatic heterocycles. The number of esters is 2. The summed E-state index contributed by atoms with van der Waals surface area (Å²) in [6, 6.07) is 14.8. The fourth-order valence-electron chi connectivity index (χ4n) is 2.98. The third-order valence-corrected chi connectivity index (χ3v) is 4.19. The number of cyclic esters (lactones) is 1. The molecule has 0 saturated carbocycles. The average Bonchev–Trinajstić information content (AvgIpc) is 3.04. The summed E-state index contributed by atoms with van der Waals surface area (Å²) in [4.78, 5) is 27.1. The van der Waals surface area contributed by atoms with Crippen LogP contribution in [0.1, 0.15) is 32.0 Å². The number of aromatic amines is 1. The lowest BCUT2D eigenvalue weighted by atomic mass is 9.97. The van der Waals surface area contributed by atoms with E-state index in [2.05, 4.69) is 4.98 Å². The van der Waals surface area contributed by atoms with Crippen LogP contribution in [0.3, 0.4) is 0 Å². The SMILES string of the molecule is O=C(OCc1cccc2c1CCOC2=O)c1cc2ccccc2[nH]1. The van der Waals surface area contributed by atoms with E-state index in [9.17, 15) is 9.59 Å². The number of benzene rings is 2. The zero-order valence-corrected chi connectivity index (χ0v) is 12.9. The number of H-pyrrole nitrogens is 1. The molecule has 0 aliphatic carbocycles. The van der Waals surface area contributed by atoms with Crippen LogP contribution in [-0.4, -0.2) is 23.5 Å². The van der Waals surface area contributed by atoms with Crippen LogP contribution in [0.5, 0.6) is 0 Å². The van der Waals surface area contributed by atoms with E-state index >= 15 is 0 Å². The Morgan fingerprint density at radius 2 is 2.04 bits per heavy atom. The van der Waals surface area contributed by atoms with Gasteiger partial charge in [-0.25, -0.2) is 9.59 Å². The Morgan fingerprint density at radius 1 is 1.17 bits per heavy atom. The van der Waals surface area contributed by atoms with Crippen molar-refractivity contribution in [3.05, 3.63) is 70.9 Å². The van der Waals surface area contributed by atoms with Gasteiger partial charge in [-0.2, -0.15) is 0 Å². The first-order valence-corrected chi connectivity index (χ1v) is 7.75. The topological polar surface area (TPSA) is 68.4 Å². The quantitative estimate of drug-likeness (QED) is 0.752. The molecule has 0 spiro atoms. The number of carbonyl (C=O) groups excluding carboxylic acids is 2. The molecule has 0 fully saturated rings. The molecule has 4 rings (SSSR count). The molecule has 1 aromatic heterocycles. The molecule has 3 aromatic rings. The van der Waals surface area contributed by atoms with Gasteiger partial charge in [0.05, 0.1) is 12.2 Å². The van der Waals surface area contributed by atoms with E-state index in [0.29, 0.717) is 24.3 Å². The fourth-order valence-corrected chi connectivity index (χ4v) is 2.98. The minimum atomic E-state index is -0.415. The van der Waals surface area contributed by atoms with Gasteiger partial charge in [-0.1, -0.05) is 30.3 Å². The highest BCUT2D eigenvalue weighted by atomic mass is 16.5. The normalized spacial score (nSPS) is 13.4. The van der Waals surface area contributed by atoms with E-state index in [-0.39, 0.29) is 12.6 Å². The third kappa shape index (κ3) is 2.54. The van der Waals surface area contributed by atoms with Crippen molar-refractivity contribution in [2.24, 2.45) is 0 Å². The Bertz CT molecular complexity index is 908. The second kappa shape index (κ2) is 5.85. The lowest BCUT2D eigenvalue weighted by molar-refractivity contribution is 0.0458. The van der Waals surface area contributed by atoms with Gasteiger partial charge in [0.15, 0.2) is 0 Å². The minimum absolute atomic E-state index is 0.130. The molecule has 5 heteroatoms. The van der Waals surface area contributed by atoms with Crippen LogP contribution in [0.15, 0.2) is 48.5 Å². The lowest BCUT2D eigenvalue weighted by Crippen LogP contribution is -2.19. The Hall–Kier alpha value is -3.08. The van der Waals surface area contributed by atoms with Crippen LogP contribution in [0.2, 0.25) is 0 Å². The first kappa shape index (κ1) is 14.5. The lowest BCUT2D eigenvalue weighted by Gasteiger charge is -2.18. The van der Waals surface area contributed by atoms with Crippen LogP contribution in [0, 0.1) is 0 Å². The van der Waals surface area contributed by atoms with Crippen LogP contribution >= 0.6 is 0 Å². The maximum absolute atomic E-state index is 12.3. The van der Waals surface area contributed by atoms with E-state index in [1.807, 2.05) is 30.3 Å². The smallest absolute Gasteiger partial charge is 0.355 e. The van der Waals surface area contributed by atoms with Gasteiger partial charge in [0.1, 0.15) is 12.3 Å². The average molecular weight is 321 g/mol. The molecule has 120 valence electrons. The number of carbonyl (C=O) groups is 2. The minimum Gasteiger partial charge on any atom is -0.462 e. The van der Waals surface area contributed by atoms with Crippen molar-refractivity contribution < 1.29 is 19.1 Å². The van der Waals surface area contributed by atoms with Crippen LogP contribution in [-0.2, 0) is 22.5 Å². The summed E-state index contributed by atoms with van der Waals surface area (Å²) in [6.07, 6.45) is 0.640. The van der Waals surface area contributed by atoms with E-state index < -0.39 is 5.97 Å². The highest BCUT2D eigenvalue weighted by Gasteiger charge is 2.21. The molecule has 24 heavy (non-hydrogen) atoms. The summed E-state index contributed by atoms with van der Waals surface area (Å²) < 4.78 is 10.5.